The van der Waals surface area contributed by atoms with Crippen LogP contribution < -0.4 is 4.74 Å². The van der Waals surface area contributed by atoms with Crippen molar-refractivity contribution in [3.8, 4) is 5.75 Å². The van der Waals surface area contributed by atoms with E-state index in [2.05, 4.69) is 4.74 Å². The van der Waals surface area contributed by atoms with E-state index >= 15 is 0 Å². The monoisotopic (exact) mass is 198 g/mol. The second-order valence-corrected chi connectivity index (χ2v) is 2.67. The van der Waals surface area contributed by atoms with Crippen LogP contribution in [0.1, 0.15) is 5.56 Å². The second kappa shape index (κ2) is 4.60. The van der Waals surface area contributed by atoms with Crippen LogP contribution in [-0.4, -0.2) is 20.2 Å². The molecule has 1 aromatic carbocycles. The fourth-order valence-corrected chi connectivity index (χ4v) is 1.12. The van der Waals surface area contributed by atoms with Gasteiger partial charge >= 0.3 is 5.97 Å². The van der Waals surface area contributed by atoms with Gasteiger partial charge in [-0.15, -0.1) is 0 Å². The summed E-state index contributed by atoms with van der Waals surface area (Å²) in [6, 6.07) is 4.40. The number of rotatable bonds is 3. The van der Waals surface area contributed by atoms with Crippen molar-refractivity contribution in [2.24, 2.45) is 0 Å². The SMILES string of the molecule is COC(=O)Cc1c(F)cccc1OC. The fraction of sp³-hybridized carbons (Fsp3) is 0.300. The minimum Gasteiger partial charge on any atom is -0.496 e. The van der Waals surface area contributed by atoms with Gasteiger partial charge in [-0.05, 0) is 12.1 Å². The number of methoxy groups -OCH3 is 2. The zero-order chi connectivity index (χ0) is 10.6. The van der Waals surface area contributed by atoms with E-state index in [9.17, 15) is 9.18 Å². The van der Waals surface area contributed by atoms with Crippen LogP contribution in [0.3, 0.4) is 0 Å². The predicted octanol–water partition coefficient (Wildman–Crippen LogP) is 1.55. The summed E-state index contributed by atoms with van der Waals surface area (Å²) in [4.78, 5) is 11.0. The number of carbonyl (C=O) groups is 1. The molecule has 3 nitrogen and oxygen atoms in total. The molecule has 0 radical (unpaired) electrons. The lowest BCUT2D eigenvalue weighted by atomic mass is 10.1. The van der Waals surface area contributed by atoms with Crippen LogP contribution in [0.4, 0.5) is 4.39 Å². The van der Waals surface area contributed by atoms with Gasteiger partial charge in [0.1, 0.15) is 11.6 Å². The average Bonchev–Trinajstić information content (AvgIpc) is 2.20. The molecule has 0 aliphatic heterocycles. The van der Waals surface area contributed by atoms with Crippen LogP contribution in [0.15, 0.2) is 18.2 Å². The minimum absolute atomic E-state index is 0.119. The predicted molar refractivity (Wildman–Crippen MR) is 48.7 cm³/mol. The Balaban J connectivity index is 2.98. The molecule has 0 aromatic heterocycles. The van der Waals surface area contributed by atoms with Crippen molar-refractivity contribution in [3.63, 3.8) is 0 Å². The van der Waals surface area contributed by atoms with Crippen LogP contribution in [0, 0.1) is 5.82 Å². The Morgan fingerprint density at radius 3 is 2.71 bits per heavy atom. The number of halogens is 1. The molecule has 0 aliphatic rings. The number of ether oxygens (including phenoxy) is 2. The van der Waals surface area contributed by atoms with E-state index in [4.69, 9.17) is 4.74 Å². The highest BCUT2D eigenvalue weighted by Gasteiger charge is 2.13. The third kappa shape index (κ3) is 2.22. The van der Waals surface area contributed by atoms with Gasteiger partial charge in [-0.25, -0.2) is 4.39 Å². The van der Waals surface area contributed by atoms with E-state index in [0.717, 1.165) is 0 Å². The summed E-state index contributed by atoms with van der Waals surface area (Å²) in [7, 11) is 2.69. The lowest BCUT2D eigenvalue weighted by Crippen LogP contribution is -2.07. The van der Waals surface area contributed by atoms with Gasteiger partial charge in [-0.2, -0.15) is 0 Å². The molecule has 4 heteroatoms. The molecule has 0 unspecified atom stereocenters. The molecular formula is C10H11FO3. The first-order valence-corrected chi connectivity index (χ1v) is 4.07. The topological polar surface area (TPSA) is 35.5 Å². The number of carbonyl (C=O) groups excluding carboxylic acids is 1. The highest BCUT2D eigenvalue weighted by molar-refractivity contribution is 5.73. The van der Waals surface area contributed by atoms with Crippen molar-refractivity contribution in [3.05, 3.63) is 29.6 Å². The minimum atomic E-state index is -0.492. The Hall–Kier alpha value is -1.58. The lowest BCUT2D eigenvalue weighted by molar-refractivity contribution is -0.139. The maximum absolute atomic E-state index is 13.2. The molecule has 0 amide bonds. The van der Waals surface area contributed by atoms with E-state index < -0.39 is 11.8 Å². The van der Waals surface area contributed by atoms with Crippen LogP contribution in [0.25, 0.3) is 0 Å². The third-order valence-corrected chi connectivity index (χ3v) is 1.84. The van der Waals surface area contributed by atoms with Crippen molar-refractivity contribution < 1.29 is 18.7 Å². The fourth-order valence-electron chi connectivity index (χ4n) is 1.12. The first kappa shape index (κ1) is 10.5. The first-order valence-electron chi connectivity index (χ1n) is 4.07. The quantitative estimate of drug-likeness (QED) is 0.691. The summed E-state index contributed by atoms with van der Waals surface area (Å²) in [6.45, 7) is 0. The molecule has 0 saturated heterocycles. The van der Waals surface area contributed by atoms with Gasteiger partial charge < -0.3 is 9.47 Å². The van der Waals surface area contributed by atoms with Crippen molar-refractivity contribution in [1.29, 1.82) is 0 Å². The van der Waals surface area contributed by atoms with Crippen molar-refractivity contribution >= 4 is 5.97 Å². The molecular weight excluding hydrogens is 187 g/mol. The molecule has 0 aliphatic carbocycles. The number of hydrogen-bond acceptors (Lipinski definition) is 3. The molecule has 0 heterocycles. The molecule has 1 aromatic rings. The Kier molecular flexibility index (Phi) is 3.45. The van der Waals surface area contributed by atoms with E-state index in [1.54, 1.807) is 6.07 Å². The Bertz CT molecular complexity index is 336. The van der Waals surface area contributed by atoms with Crippen LogP contribution in [0.5, 0.6) is 5.75 Å². The van der Waals surface area contributed by atoms with Crippen molar-refractivity contribution in [2.75, 3.05) is 14.2 Å². The Morgan fingerprint density at radius 2 is 2.14 bits per heavy atom. The summed E-state index contributed by atoms with van der Waals surface area (Å²) in [6.07, 6.45) is -0.119. The third-order valence-electron chi connectivity index (χ3n) is 1.84. The number of benzene rings is 1. The second-order valence-electron chi connectivity index (χ2n) is 2.67. The zero-order valence-corrected chi connectivity index (χ0v) is 8.04. The van der Waals surface area contributed by atoms with Crippen LogP contribution >= 0.6 is 0 Å². The van der Waals surface area contributed by atoms with E-state index in [1.165, 1.54) is 26.4 Å². The van der Waals surface area contributed by atoms with Crippen molar-refractivity contribution in [1.82, 2.24) is 0 Å². The summed E-state index contributed by atoms with van der Waals surface area (Å²) in [5.41, 5.74) is 0.224. The zero-order valence-electron chi connectivity index (χ0n) is 8.04. The molecule has 0 spiro atoms. The number of hydrogen-bond donors (Lipinski definition) is 0. The van der Waals surface area contributed by atoms with Gasteiger partial charge in [0.05, 0.1) is 20.6 Å². The van der Waals surface area contributed by atoms with E-state index in [0.29, 0.717) is 5.75 Å². The van der Waals surface area contributed by atoms with Crippen LogP contribution in [-0.2, 0) is 16.0 Å². The van der Waals surface area contributed by atoms with Gasteiger partial charge in [0.15, 0.2) is 0 Å². The van der Waals surface area contributed by atoms with E-state index in [1.807, 2.05) is 0 Å². The van der Waals surface area contributed by atoms with Crippen molar-refractivity contribution in [2.45, 2.75) is 6.42 Å². The molecule has 76 valence electrons. The van der Waals surface area contributed by atoms with E-state index in [-0.39, 0.29) is 12.0 Å². The molecule has 0 N–H and O–H groups in total. The summed E-state index contributed by atoms with van der Waals surface area (Å²) >= 11 is 0. The molecule has 0 bridgehead atoms. The smallest absolute Gasteiger partial charge is 0.310 e. The molecule has 0 saturated carbocycles. The maximum Gasteiger partial charge on any atom is 0.310 e. The first-order chi connectivity index (χ1) is 6.69. The highest BCUT2D eigenvalue weighted by Crippen LogP contribution is 2.21. The molecule has 0 fully saturated rings. The highest BCUT2D eigenvalue weighted by atomic mass is 19.1. The molecule has 14 heavy (non-hydrogen) atoms. The number of esters is 1. The maximum atomic E-state index is 13.2. The summed E-state index contributed by atoms with van der Waals surface area (Å²) in [5, 5.41) is 0. The van der Waals surface area contributed by atoms with Gasteiger partial charge in [-0.1, -0.05) is 6.07 Å². The molecule has 0 atom stereocenters. The average molecular weight is 198 g/mol. The largest absolute Gasteiger partial charge is 0.496 e. The lowest BCUT2D eigenvalue weighted by Gasteiger charge is -2.07. The van der Waals surface area contributed by atoms with Gasteiger partial charge in [0, 0.05) is 5.56 Å². The normalized spacial score (nSPS) is 9.64. The van der Waals surface area contributed by atoms with Gasteiger partial charge in [0.2, 0.25) is 0 Å². The molecule has 1 rings (SSSR count). The standard InChI is InChI=1S/C10H11FO3/c1-13-9-5-3-4-8(11)7(9)6-10(12)14-2/h3-5H,6H2,1-2H3. The van der Waals surface area contributed by atoms with Gasteiger partial charge in [0.25, 0.3) is 0 Å². The Labute approximate surface area is 81.4 Å². The summed E-state index contributed by atoms with van der Waals surface area (Å²) in [5.74, 6) is -0.599. The summed E-state index contributed by atoms with van der Waals surface area (Å²) < 4.78 is 22.6. The van der Waals surface area contributed by atoms with Gasteiger partial charge in [-0.3, -0.25) is 4.79 Å². The Morgan fingerprint density at radius 1 is 1.43 bits per heavy atom. The van der Waals surface area contributed by atoms with Crippen LogP contribution in [0.2, 0.25) is 0 Å².